The second-order valence-electron chi connectivity index (χ2n) is 3.91. The van der Waals surface area contributed by atoms with Crippen LogP contribution in [-0.4, -0.2) is 31.4 Å². The molecule has 2 N–H and O–H groups in total. The number of aliphatic hydroxyl groups is 1. The second kappa shape index (κ2) is 8.13. The fourth-order valence-corrected chi connectivity index (χ4v) is 1.61. The summed E-state index contributed by atoms with van der Waals surface area (Å²) in [6.07, 6.45) is -0.390. The summed E-state index contributed by atoms with van der Waals surface area (Å²) in [5, 5.41) is 12.6. The van der Waals surface area contributed by atoms with Gasteiger partial charge >= 0.3 is 0 Å². The van der Waals surface area contributed by atoms with Gasteiger partial charge in [0.05, 0.1) is 11.7 Å². The molecule has 1 rings (SSSR count). The molecule has 3 nitrogen and oxygen atoms in total. The predicted octanol–water partition coefficient (Wildman–Crippen LogP) is 2.01. The Morgan fingerprint density at radius 1 is 1.33 bits per heavy atom. The van der Waals surface area contributed by atoms with Gasteiger partial charge in [0.25, 0.3) is 0 Å². The van der Waals surface area contributed by atoms with Crippen molar-refractivity contribution < 1.29 is 18.6 Å². The fraction of sp³-hybridized carbons (Fsp3) is 0.538. The maximum atomic E-state index is 13.3. The summed E-state index contributed by atoms with van der Waals surface area (Å²) < 4.78 is 31.8. The number of aliphatic hydroxyl groups excluding tert-OH is 1. The quantitative estimate of drug-likeness (QED) is 0.702. The monoisotopic (exact) mass is 259 g/mol. The second-order valence-corrected chi connectivity index (χ2v) is 3.91. The summed E-state index contributed by atoms with van der Waals surface area (Å²) in [5.74, 6) is -1.45. The summed E-state index contributed by atoms with van der Waals surface area (Å²) in [6, 6.07) is 3.55. The molecule has 0 bridgehead atoms. The normalized spacial score (nSPS) is 12.7. The molecular weight excluding hydrogens is 240 g/mol. The molecule has 1 unspecified atom stereocenters. The Morgan fingerprint density at radius 3 is 2.61 bits per heavy atom. The van der Waals surface area contributed by atoms with E-state index in [0.717, 1.165) is 18.6 Å². The van der Waals surface area contributed by atoms with Crippen LogP contribution in [-0.2, 0) is 4.74 Å². The molecule has 0 radical (unpaired) electrons. The number of hydrogen-bond acceptors (Lipinski definition) is 3. The van der Waals surface area contributed by atoms with Crippen molar-refractivity contribution >= 4 is 0 Å². The van der Waals surface area contributed by atoms with Crippen LogP contribution in [0.5, 0.6) is 0 Å². The number of hydrogen-bond donors (Lipinski definition) is 2. The Kier molecular flexibility index (Phi) is 6.78. The first-order valence-electron chi connectivity index (χ1n) is 6.07. The number of ether oxygens (including phenoxy) is 1. The largest absolute Gasteiger partial charge is 0.387 e. The van der Waals surface area contributed by atoms with E-state index in [-0.39, 0.29) is 12.1 Å². The van der Waals surface area contributed by atoms with Crippen molar-refractivity contribution in [3.8, 4) is 0 Å². The zero-order valence-electron chi connectivity index (χ0n) is 10.5. The molecule has 0 heterocycles. The first-order valence-corrected chi connectivity index (χ1v) is 6.07. The molecule has 0 aliphatic heterocycles. The number of rotatable bonds is 8. The molecule has 0 saturated heterocycles. The van der Waals surface area contributed by atoms with E-state index in [1.54, 1.807) is 0 Å². The number of benzene rings is 1. The SMILES string of the molecule is CCOCCCNCC(O)c1c(F)cccc1F. The Bertz CT molecular complexity index is 341. The lowest BCUT2D eigenvalue weighted by Crippen LogP contribution is -2.24. The minimum atomic E-state index is -1.18. The van der Waals surface area contributed by atoms with E-state index in [1.807, 2.05) is 6.92 Å². The molecular formula is C13H19F2NO2. The predicted molar refractivity (Wildman–Crippen MR) is 65.3 cm³/mol. The Balaban J connectivity index is 2.34. The van der Waals surface area contributed by atoms with E-state index in [9.17, 15) is 13.9 Å². The summed E-state index contributed by atoms with van der Waals surface area (Å²) in [7, 11) is 0. The number of halogens is 2. The van der Waals surface area contributed by atoms with Gasteiger partial charge in [-0.2, -0.15) is 0 Å². The van der Waals surface area contributed by atoms with Crippen molar-refractivity contribution in [2.75, 3.05) is 26.3 Å². The average molecular weight is 259 g/mol. The lowest BCUT2D eigenvalue weighted by molar-refractivity contribution is 0.139. The fourth-order valence-electron chi connectivity index (χ4n) is 1.61. The van der Waals surface area contributed by atoms with Crippen LogP contribution < -0.4 is 5.32 Å². The molecule has 0 fully saturated rings. The Hall–Kier alpha value is -1.04. The van der Waals surface area contributed by atoms with E-state index in [4.69, 9.17) is 4.74 Å². The van der Waals surface area contributed by atoms with E-state index in [1.165, 1.54) is 6.07 Å². The van der Waals surface area contributed by atoms with Gasteiger partial charge in [-0.25, -0.2) is 8.78 Å². The van der Waals surface area contributed by atoms with Crippen LogP contribution in [0.25, 0.3) is 0 Å². The zero-order chi connectivity index (χ0) is 13.4. The first-order chi connectivity index (χ1) is 8.66. The number of nitrogens with one attached hydrogen (secondary N) is 1. The van der Waals surface area contributed by atoms with Gasteiger partial charge in [-0.05, 0) is 32.0 Å². The topological polar surface area (TPSA) is 41.5 Å². The van der Waals surface area contributed by atoms with Crippen LogP contribution in [0.3, 0.4) is 0 Å². The molecule has 0 amide bonds. The summed E-state index contributed by atoms with van der Waals surface area (Å²) >= 11 is 0. The van der Waals surface area contributed by atoms with Crippen molar-refractivity contribution in [2.45, 2.75) is 19.4 Å². The van der Waals surface area contributed by atoms with Crippen LogP contribution in [0.2, 0.25) is 0 Å². The standard InChI is InChI=1S/C13H19F2NO2/c1-2-18-8-4-7-16-9-12(17)13-10(14)5-3-6-11(13)15/h3,5-6,12,16-17H,2,4,7-9H2,1H3. The molecule has 5 heteroatoms. The summed E-state index contributed by atoms with van der Waals surface area (Å²) in [5.41, 5.74) is -0.283. The van der Waals surface area contributed by atoms with Gasteiger partial charge in [-0.3, -0.25) is 0 Å². The molecule has 102 valence electrons. The van der Waals surface area contributed by atoms with Gasteiger partial charge in [-0.1, -0.05) is 6.07 Å². The van der Waals surface area contributed by atoms with Crippen molar-refractivity contribution in [1.29, 1.82) is 0 Å². The molecule has 1 aromatic carbocycles. The van der Waals surface area contributed by atoms with E-state index < -0.39 is 17.7 Å². The third-order valence-electron chi connectivity index (χ3n) is 2.52. The van der Waals surface area contributed by atoms with Crippen LogP contribution in [0, 0.1) is 11.6 Å². The van der Waals surface area contributed by atoms with Gasteiger partial charge in [0, 0.05) is 19.8 Å². The molecule has 1 atom stereocenters. The van der Waals surface area contributed by atoms with Gasteiger partial charge in [0.1, 0.15) is 11.6 Å². The van der Waals surface area contributed by atoms with Gasteiger partial charge < -0.3 is 15.2 Å². The lowest BCUT2D eigenvalue weighted by Gasteiger charge is -2.13. The summed E-state index contributed by atoms with van der Waals surface area (Å²) in [6.45, 7) is 3.96. The summed E-state index contributed by atoms with van der Waals surface area (Å²) in [4.78, 5) is 0. The third-order valence-corrected chi connectivity index (χ3v) is 2.52. The van der Waals surface area contributed by atoms with Crippen LogP contribution in [0.4, 0.5) is 8.78 Å². The molecule has 0 aliphatic carbocycles. The highest BCUT2D eigenvalue weighted by Crippen LogP contribution is 2.19. The maximum absolute atomic E-state index is 13.3. The van der Waals surface area contributed by atoms with Gasteiger partial charge in [0.2, 0.25) is 0 Å². The highest BCUT2D eigenvalue weighted by Gasteiger charge is 2.16. The Morgan fingerprint density at radius 2 is 2.00 bits per heavy atom. The minimum absolute atomic E-state index is 0.115. The third kappa shape index (κ3) is 4.68. The maximum Gasteiger partial charge on any atom is 0.131 e. The van der Waals surface area contributed by atoms with E-state index in [0.29, 0.717) is 19.8 Å². The lowest BCUT2D eigenvalue weighted by atomic mass is 10.1. The first kappa shape index (κ1) is 15.0. The van der Waals surface area contributed by atoms with Crippen LogP contribution >= 0.6 is 0 Å². The minimum Gasteiger partial charge on any atom is -0.387 e. The van der Waals surface area contributed by atoms with Crippen molar-refractivity contribution in [1.82, 2.24) is 5.32 Å². The van der Waals surface area contributed by atoms with Gasteiger partial charge in [-0.15, -0.1) is 0 Å². The molecule has 18 heavy (non-hydrogen) atoms. The average Bonchev–Trinajstić information content (AvgIpc) is 2.33. The zero-order valence-corrected chi connectivity index (χ0v) is 10.5. The van der Waals surface area contributed by atoms with Crippen LogP contribution in [0.1, 0.15) is 25.0 Å². The van der Waals surface area contributed by atoms with Crippen molar-refractivity contribution in [2.24, 2.45) is 0 Å². The molecule has 0 aromatic heterocycles. The van der Waals surface area contributed by atoms with Crippen molar-refractivity contribution in [3.05, 3.63) is 35.4 Å². The molecule has 0 spiro atoms. The van der Waals surface area contributed by atoms with E-state index in [2.05, 4.69) is 5.32 Å². The Labute approximate surface area is 106 Å². The van der Waals surface area contributed by atoms with Crippen molar-refractivity contribution in [3.63, 3.8) is 0 Å². The molecule has 1 aromatic rings. The smallest absolute Gasteiger partial charge is 0.131 e. The van der Waals surface area contributed by atoms with Crippen LogP contribution in [0.15, 0.2) is 18.2 Å². The highest BCUT2D eigenvalue weighted by atomic mass is 19.1. The molecule has 0 saturated carbocycles. The van der Waals surface area contributed by atoms with E-state index >= 15 is 0 Å². The molecule has 0 aliphatic rings. The van der Waals surface area contributed by atoms with Gasteiger partial charge in [0.15, 0.2) is 0 Å². The highest BCUT2D eigenvalue weighted by molar-refractivity contribution is 5.22.